The number of nitrogens with one attached hydrogen (secondary N) is 2. The lowest BCUT2D eigenvalue weighted by Gasteiger charge is -2.17. The summed E-state index contributed by atoms with van der Waals surface area (Å²) < 4.78 is 31.4. The minimum absolute atomic E-state index is 0.103. The minimum Gasteiger partial charge on any atom is -0.484 e. The summed E-state index contributed by atoms with van der Waals surface area (Å²) in [5.41, 5.74) is 7.24. The summed E-state index contributed by atoms with van der Waals surface area (Å²) in [7, 11) is -2.53. The number of hydrogen-bond acceptors (Lipinski definition) is 5. The van der Waals surface area contributed by atoms with E-state index in [4.69, 9.17) is 4.74 Å². The lowest BCUT2D eigenvalue weighted by Crippen LogP contribution is -2.48. The highest BCUT2D eigenvalue weighted by Crippen LogP contribution is 2.18. The molecule has 8 nitrogen and oxygen atoms in total. The fraction of sp³-hybridized carbons (Fsp3) is 0.300. The number of likely N-dealkylation sites (N-methyl/N-ethyl adjacent to an activating group) is 1. The molecule has 2 N–H and O–H groups in total. The Hall–Kier alpha value is -2.91. The monoisotopic (exact) mass is 419 g/mol. The van der Waals surface area contributed by atoms with Crippen LogP contribution in [-0.4, -0.2) is 44.7 Å². The Morgan fingerprint density at radius 1 is 0.931 bits per heavy atom. The largest absolute Gasteiger partial charge is 0.484 e. The lowest BCUT2D eigenvalue weighted by molar-refractivity contribution is -0.130. The number of benzene rings is 2. The molecule has 0 bridgehead atoms. The molecule has 0 aliphatic rings. The van der Waals surface area contributed by atoms with Crippen LogP contribution in [0.5, 0.6) is 5.75 Å². The second-order valence-corrected chi connectivity index (χ2v) is 8.75. The molecule has 2 rings (SSSR count). The molecule has 0 aliphatic carbocycles. The van der Waals surface area contributed by atoms with Gasteiger partial charge >= 0.3 is 0 Å². The number of aryl methyl sites for hydroxylation is 3. The zero-order chi connectivity index (χ0) is 21.6. The van der Waals surface area contributed by atoms with Gasteiger partial charge in [0.1, 0.15) is 5.75 Å². The number of carbonyl (C=O) groups is 2. The standard InChI is InChI=1S/C20H25N3O5S/c1-14-5-8-17(9-6-14)28-13-20(25)22-21-19(24)12-23(4)29(26,27)18-10-7-15(2)16(3)11-18/h5-11H,12-13H2,1-4H3,(H,21,24)(H,22,25). The van der Waals surface area contributed by atoms with Gasteiger partial charge in [0.2, 0.25) is 10.0 Å². The van der Waals surface area contributed by atoms with Gasteiger partial charge in [0.25, 0.3) is 11.8 Å². The maximum Gasteiger partial charge on any atom is 0.276 e. The zero-order valence-electron chi connectivity index (χ0n) is 16.9. The number of ether oxygens (including phenoxy) is 1. The maximum absolute atomic E-state index is 12.6. The molecule has 0 unspecified atom stereocenters. The Bertz CT molecular complexity index is 988. The van der Waals surface area contributed by atoms with E-state index in [1.165, 1.54) is 13.1 Å². The molecule has 2 amide bonds. The van der Waals surface area contributed by atoms with E-state index in [0.29, 0.717) is 5.75 Å². The van der Waals surface area contributed by atoms with Crippen molar-refractivity contribution < 1.29 is 22.7 Å². The smallest absolute Gasteiger partial charge is 0.276 e. The highest BCUT2D eigenvalue weighted by Gasteiger charge is 2.23. The van der Waals surface area contributed by atoms with E-state index in [1.807, 2.05) is 32.9 Å². The van der Waals surface area contributed by atoms with Gasteiger partial charge < -0.3 is 4.74 Å². The Morgan fingerprint density at radius 3 is 2.17 bits per heavy atom. The number of nitrogens with zero attached hydrogens (tertiary/aromatic N) is 1. The number of amides is 2. The van der Waals surface area contributed by atoms with Crippen LogP contribution < -0.4 is 15.6 Å². The topological polar surface area (TPSA) is 105 Å². The summed E-state index contributed by atoms with van der Waals surface area (Å²) in [5, 5.41) is 0. The molecule has 0 radical (unpaired) electrons. The highest BCUT2D eigenvalue weighted by molar-refractivity contribution is 7.89. The SMILES string of the molecule is Cc1ccc(OCC(=O)NNC(=O)CN(C)S(=O)(=O)c2ccc(C)c(C)c2)cc1. The van der Waals surface area contributed by atoms with Gasteiger partial charge in [-0.1, -0.05) is 23.8 Å². The third kappa shape index (κ3) is 6.30. The van der Waals surface area contributed by atoms with Crippen molar-refractivity contribution in [3.8, 4) is 5.75 Å². The molecule has 0 heterocycles. The average Bonchev–Trinajstić information content (AvgIpc) is 2.67. The normalized spacial score (nSPS) is 11.2. The van der Waals surface area contributed by atoms with Crippen molar-refractivity contribution in [1.82, 2.24) is 15.2 Å². The number of hydrazine groups is 1. The molecule has 0 spiro atoms. The predicted octanol–water partition coefficient (Wildman–Crippen LogP) is 1.46. The molecule has 156 valence electrons. The van der Waals surface area contributed by atoms with Crippen molar-refractivity contribution in [1.29, 1.82) is 0 Å². The third-order valence-corrected chi connectivity index (χ3v) is 6.08. The van der Waals surface area contributed by atoms with Crippen LogP contribution in [-0.2, 0) is 19.6 Å². The summed E-state index contributed by atoms with van der Waals surface area (Å²) >= 11 is 0. The van der Waals surface area contributed by atoms with Crippen LogP contribution in [0.25, 0.3) is 0 Å². The van der Waals surface area contributed by atoms with Crippen LogP contribution in [0.2, 0.25) is 0 Å². The summed E-state index contributed by atoms with van der Waals surface area (Å²) in [5.74, 6) is -0.724. The Morgan fingerprint density at radius 2 is 1.55 bits per heavy atom. The van der Waals surface area contributed by atoms with E-state index in [9.17, 15) is 18.0 Å². The number of rotatable bonds is 7. The molecule has 2 aromatic rings. The maximum atomic E-state index is 12.6. The third-order valence-electron chi connectivity index (χ3n) is 4.29. The molecule has 0 fully saturated rings. The number of sulfonamides is 1. The highest BCUT2D eigenvalue weighted by atomic mass is 32.2. The molecule has 0 saturated carbocycles. The van der Waals surface area contributed by atoms with Crippen LogP contribution in [0.15, 0.2) is 47.4 Å². The van der Waals surface area contributed by atoms with Crippen molar-refractivity contribution in [2.45, 2.75) is 25.7 Å². The van der Waals surface area contributed by atoms with Gasteiger partial charge in [-0.2, -0.15) is 4.31 Å². The minimum atomic E-state index is -3.83. The quantitative estimate of drug-likeness (QED) is 0.661. The van der Waals surface area contributed by atoms with E-state index in [2.05, 4.69) is 10.9 Å². The molecule has 0 saturated heterocycles. The van der Waals surface area contributed by atoms with Gasteiger partial charge in [-0.15, -0.1) is 0 Å². The second kappa shape index (κ2) is 9.53. The first-order valence-corrected chi connectivity index (χ1v) is 10.3. The molecule has 2 aromatic carbocycles. The Kier molecular flexibility index (Phi) is 7.35. The van der Waals surface area contributed by atoms with E-state index < -0.39 is 28.4 Å². The van der Waals surface area contributed by atoms with Gasteiger partial charge in [0, 0.05) is 7.05 Å². The Labute approximate surface area is 170 Å². The summed E-state index contributed by atoms with van der Waals surface area (Å²) in [4.78, 5) is 23.9. The molecular weight excluding hydrogens is 394 g/mol. The van der Waals surface area contributed by atoms with E-state index in [0.717, 1.165) is 21.0 Å². The molecule has 0 aliphatic heterocycles. The number of hydrogen-bond donors (Lipinski definition) is 2. The van der Waals surface area contributed by atoms with Crippen LogP contribution in [0, 0.1) is 20.8 Å². The van der Waals surface area contributed by atoms with Gasteiger partial charge in [-0.3, -0.25) is 20.4 Å². The predicted molar refractivity (Wildman–Crippen MR) is 109 cm³/mol. The van der Waals surface area contributed by atoms with E-state index in [-0.39, 0.29) is 11.5 Å². The Balaban J connectivity index is 1.83. The van der Waals surface area contributed by atoms with Crippen LogP contribution in [0.1, 0.15) is 16.7 Å². The van der Waals surface area contributed by atoms with E-state index in [1.54, 1.807) is 24.3 Å². The lowest BCUT2D eigenvalue weighted by atomic mass is 10.1. The van der Waals surface area contributed by atoms with Crippen molar-refractivity contribution in [3.63, 3.8) is 0 Å². The number of carbonyl (C=O) groups excluding carboxylic acids is 2. The molecular formula is C20H25N3O5S. The van der Waals surface area contributed by atoms with Crippen LogP contribution >= 0.6 is 0 Å². The van der Waals surface area contributed by atoms with Crippen molar-refractivity contribution in [3.05, 3.63) is 59.2 Å². The van der Waals surface area contributed by atoms with Crippen LogP contribution in [0.4, 0.5) is 0 Å². The van der Waals surface area contributed by atoms with Crippen LogP contribution in [0.3, 0.4) is 0 Å². The second-order valence-electron chi connectivity index (χ2n) is 6.71. The van der Waals surface area contributed by atoms with Gasteiger partial charge in [0.05, 0.1) is 11.4 Å². The van der Waals surface area contributed by atoms with Gasteiger partial charge in [-0.25, -0.2) is 8.42 Å². The average molecular weight is 420 g/mol. The molecule has 29 heavy (non-hydrogen) atoms. The van der Waals surface area contributed by atoms with E-state index >= 15 is 0 Å². The molecule has 9 heteroatoms. The zero-order valence-corrected chi connectivity index (χ0v) is 17.7. The first-order valence-electron chi connectivity index (χ1n) is 8.90. The molecule has 0 atom stereocenters. The summed E-state index contributed by atoms with van der Waals surface area (Å²) in [6, 6.07) is 11.9. The van der Waals surface area contributed by atoms with Crippen molar-refractivity contribution in [2.24, 2.45) is 0 Å². The van der Waals surface area contributed by atoms with Crippen molar-refractivity contribution in [2.75, 3.05) is 20.2 Å². The first kappa shape index (κ1) is 22.4. The van der Waals surface area contributed by atoms with Crippen molar-refractivity contribution >= 4 is 21.8 Å². The molecule has 0 aromatic heterocycles. The fourth-order valence-electron chi connectivity index (χ4n) is 2.34. The summed E-state index contributed by atoms with van der Waals surface area (Å²) in [6.07, 6.45) is 0. The summed E-state index contributed by atoms with van der Waals surface area (Å²) in [6.45, 7) is 4.89. The van der Waals surface area contributed by atoms with Gasteiger partial charge in [0.15, 0.2) is 6.61 Å². The van der Waals surface area contributed by atoms with Gasteiger partial charge in [-0.05, 0) is 56.2 Å². The first-order chi connectivity index (χ1) is 13.6. The fourth-order valence-corrected chi connectivity index (χ4v) is 3.55.